The van der Waals surface area contributed by atoms with Crippen LogP contribution in [0.1, 0.15) is 19.0 Å². The molecule has 5 heteroatoms. The minimum Gasteiger partial charge on any atom is -0.338 e. The number of nitrogens with zero attached hydrogens (tertiary/aromatic N) is 5. The van der Waals surface area contributed by atoms with E-state index in [-0.39, 0.29) is 0 Å². The number of hydrogen-bond donors (Lipinski definition) is 0. The summed E-state index contributed by atoms with van der Waals surface area (Å²) >= 11 is 0. The fourth-order valence-corrected chi connectivity index (χ4v) is 2.13. The highest BCUT2D eigenvalue weighted by Crippen LogP contribution is 2.15. The second-order valence-corrected chi connectivity index (χ2v) is 4.34. The van der Waals surface area contributed by atoms with Crippen molar-refractivity contribution in [2.24, 2.45) is 0 Å². The number of hydrogen-bond acceptors (Lipinski definition) is 5. The summed E-state index contributed by atoms with van der Waals surface area (Å²) < 4.78 is 0. The molecule has 0 radical (unpaired) electrons. The van der Waals surface area contributed by atoms with Crippen LogP contribution < -0.4 is 4.90 Å². The Bertz CT molecular complexity index is 425. The molecule has 1 aromatic rings. The second-order valence-electron chi connectivity index (χ2n) is 4.34. The molecule has 1 aromatic heterocycles. The van der Waals surface area contributed by atoms with Gasteiger partial charge in [0.1, 0.15) is 11.8 Å². The van der Waals surface area contributed by atoms with Gasteiger partial charge in [0.15, 0.2) is 0 Å². The van der Waals surface area contributed by atoms with E-state index in [0.717, 1.165) is 26.1 Å². The maximum atomic E-state index is 8.83. The summed E-state index contributed by atoms with van der Waals surface area (Å²) in [6.07, 6.45) is 2.77. The van der Waals surface area contributed by atoms with Crippen molar-refractivity contribution < 1.29 is 0 Å². The lowest BCUT2D eigenvalue weighted by Gasteiger charge is -2.39. The number of aromatic nitrogens is 2. The molecule has 1 atom stereocenters. The van der Waals surface area contributed by atoms with Crippen LogP contribution in [0.3, 0.4) is 0 Å². The molecule has 0 amide bonds. The molecule has 5 nitrogen and oxygen atoms in total. The molecule has 2 rings (SSSR count). The van der Waals surface area contributed by atoms with Crippen molar-refractivity contribution in [3.8, 4) is 6.07 Å². The van der Waals surface area contributed by atoms with Gasteiger partial charge in [-0.2, -0.15) is 5.26 Å². The normalized spacial score (nSPS) is 21.2. The molecule has 1 fully saturated rings. The van der Waals surface area contributed by atoms with Gasteiger partial charge >= 0.3 is 0 Å². The van der Waals surface area contributed by atoms with Gasteiger partial charge in [-0.1, -0.05) is 6.92 Å². The zero-order valence-electron chi connectivity index (χ0n) is 10.3. The first-order chi connectivity index (χ1) is 8.24. The van der Waals surface area contributed by atoms with Crippen molar-refractivity contribution in [3.63, 3.8) is 0 Å². The van der Waals surface area contributed by atoms with E-state index in [4.69, 9.17) is 5.26 Å². The molecule has 2 heterocycles. The Labute approximate surface area is 102 Å². The van der Waals surface area contributed by atoms with Crippen LogP contribution in [0, 0.1) is 11.3 Å². The van der Waals surface area contributed by atoms with Crippen molar-refractivity contribution in [1.82, 2.24) is 14.9 Å². The van der Waals surface area contributed by atoms with Crippen LogP contribution in [-0.2, 0) is 0 Å². The number of piperazine rings is 1. The predicted octanol–water partition coefficient (Wildman–Crippen LogP) is 0.879. The minimum atomic E-state index is 0.432. The molecule has 0 N–H and O–H groups in total. The number of rotatable bonds is 2. The van der Waals surface area contributed by atoms with Crippen molar-refractivity contribution in [1.29, 1.82) is 5.26 Å². The zero-order valence-corrected chi connectivity index (χ0v) is 10.3. The number of likely N-dealkylation sites (N-methyl/N-ethyl adjacent to an activating group) is 1. The Morgan fingerprint density at radius 1 is 1.53 bits per heavy atom. The predicted molar refractivity (Wildman–Crippen MR) is 65.7 cm³/mol. The molecular formula is C12H17N5. The van der Waals surface area contributed by atoms with Gasteiger partial charge in [0.05, 0.1) is 0 Å². The standard InChI is InChI=1S/C12H17N5/c1-3-11-9-17(7-6-16(11)2)12-14-5-4-10(8-13)15-12/h4-5,11H,3,6-7,9H2,1-2H3. The molecule has 0 bridgehead atoms. The fourth-order valence-electron chi connectivity index (χ4n) is 2.13. The number of anilines is 1. The summed E-state index contributed by atoms with van der Waals surface area (Å²) in [6, 6.07) is 4.23. The van der Waals surface area contributed by atoms with Crippen LogP contribution in [0.2, 0.25) is 0 Å². The van der Waals surface area contributed by atoms with E-state index in [1.54, 1.807) is 12.3 Å². The number of nitriles is 1. The maximum Gasteiger partial charge on any atom is 0.226 e. The first-order valence-corrected chi connectivity index (χ1v) is 5.93. The van der Waals surface area contributed by atoms with Crippen molar-refractivity contribution in [3.05, 3.63) is 18.0 Å². The molecule has 0 saturated carbocycles. The van der Waals surface area contributed by atoms with E-state index in [1.807, 2.05) is 0 Å². The summed E-state index contributed by atoms with van der Waals surface area (Å²) in [7, 11) is 2.15. The first kappa shape index (κ1) is 11.8. The molecule has 90 valence electrons. The van der Waals surface area contributed by atoms with Gasteiger partial charge in [-0.15, -0.1) is 0 Å². The van der Waals surface area contributed by atoms with E-state index >= 15 is 0 Å². The van der Waals surface area contributed by atoms with Gasteiger partial charge in [-0.3, -0.25) is 4.90 Å². The van der Waals surface area contributed by atoms with E-state index in [0.29, 0.717) is 17.7 Å². The maximum absolute atomic E-state index is 8.83. The minimum absolute atomic E-state index is 0.432. The second kappa shape index (κ2) is 5.11. The van der Waals surface area contributed by atoms with E-state index < -0.39 is 0 Å². The first-order valence-electron chi connectivity index (χ1n) is 5.93. The molecule has 1 aliphatic rings. The highest BCUT2D eigenvalue weighted by molar-refractivity contribution is 5.34. The highest BCUT2D eigenvalue weighted by atomic mass is 15.3. The van der Waals surface area contributed by atoms with Crippen LogP contribution >= 0.6 is 0 Å². The summed E-state index contributed by atoms with van der Waals surface area (Å²) in [6.45, 7) is 5.06. The topological polar surface area (TPSA) is 56.1 Å². The molecule has 1 saturated heterocycles. The molecular weight excluding hydrogens is 214 g/mol. The van der Waals surface area contributed by atoms with Crippen molar-refractivity contribution >= 4 is 5.95 Å². The Kier molecular flexibility index (Phi) is 3.55. The lowest BCUT2D eigenvalue weighted by Crippen LogP contribution is -2.51. The van der Waals surface area contributed by atoms with Gasteiger partial charge in [-0.05, 0) is 19.5 Å². The molecule has 0 aliphatic carbocycles. The average Bonchev–Trinajstić information content (AvgIpc) is 2.39. The fraction of sp³-hybridized carbons (Fsp3) is 0.583. The molecule has 0 spiro atoms. The van der Waals surface area contributed by atoms with E-state index in [2.05, 4.69) is 39.8 Å². The van der Waals surface area contributed by atoms with Gasteiger partial charge in [0.25, 0.3) is 0 Å². The summed E-state index contributed by atoms with van der Waals surface area (Å²) in [4.78, 5) is 13.0. The molecule has 1 unspecified atom stereocenters. The van der Waals surface area contributed by atoms with Crippen LogP contribution in [-0.4, -0.2) is 47.6 Å². The Morgan fingerprint density at radius 2 is 2.35 bits per heavy atom. The summed E-state index contributed by atoms with van der Waals surface area (Å²) in [5, 5.41) is 8.83. The van der Waals surface area contributed by atoms with Crippen LogP contribution in [0.25, 0.3) is 0 Å². The third-order valence-corrected chi connectivity index (χ3v) is 3.29. The highest BCUT2D eigenvalue weighted by Gasteiger charge is 2.24. The Balaban J connectivity index is 2.15. The van der Waals surface area contributed by atoms with Crippen LogP contribution in [0.4, 0.5) is 5.95 Å². The van der Waals surface area contributed by atoms with Gasteiger partial charge in [0, 0.05) is 31.9 Å². The Hall–Kier alpha value is -1.67. The van der Waals surface area contributed by atoms with Gasteiger partial charge in [-0.25, -0.2) is 9.97 Å². The Morgan fingerprint density at radius 3 is 3.06 bits per heavy atom. The summed E-state index contributed by atoms with van der Waals surface area (Å²) in [5.41, 5.74) is 0.432. The third-order valence-electron chi connectivity index (χ3n) is 3.29. The SMILES string of the molecule is CCC1CN(c2nccc(C#N)n2)CCN1C. The van der Waals surface area contributed by atoms with Crippen LogP contribution in [0.5, 0.6) is 0 Å². The largest absolute Gasteiger partial charge is 0.338 e. The third kappa shape index (κ3) is 2.53. The van der Waals surface area contributed by atoms with Crippen molar-refractivity contribution in [2.75, 3.05) is 31.6 Å². The molecule has 1 aliphatic heterocycles. The lowest BCUT2D eigenvalue weighted by molar-refractivity contribution is 0.212. The monoisotopic (exact) mass is 231 g/mol. The summed E-state index contributed by atoms with van der Waals surface area (Å²) in [5.74, 6) is 0.676. The van der Waals surface area contributed by atoms with E-state index in [9.17, 15) is 0 Å². The molecule has 0 aromatic carbocycles. The van der Waals surface area contributed by atoms with Crippen molar-refractivity contribution in [2.45, 2.75) is 19.4 Å². The molecule has 17 heavy (non-hydrogen) atoms. The lowest BCUT2D eigenvalue weighted by atomic mass is 10.1. The van der Waals surface area contributed by atoms with E-state index in [1.165, 1.54) is 0 Å². The van der Waals surface area contributed by atoms with Gasteiger partial charge in [0.2, 0.25) is 5.95 Å². The van der Waals surface area contributed by atoms with Crippen LogP contribution in [0.15, 0.2) is 12.3 Å². The zero-order chi connectivity index (χ0) is 12.3. The smallest absolute Gasteiger partial charge is 0.226 e. The quantitative estimate of drug-likeness (QED) is 0.756. The van der Waals surface area contributed by atoms with Gasteiger partial charge < -0.3 is 4.90 Å². The average molecular weight is 231 g/mol.